The maximum absolute atomic E-state index is 13.3. The summed E-state index contributed by atoms with van der Waals surface area (Å²) in [6.07, 6.45) is 4.66. The van der Waals surface area contributed by atoms with Crippen molar-refractivity contribution in [3.63, 3.8) is 0 Å². The molecule has 4 aromatic rings. The lowest BCUT2D eigenvalue weighted by atomic mass is 9.97. The summed E-state index contributed by atoms with van der Waals surface area (Å²) in [6, 6.07) is 13.2. The summed E-state index contributed by atoms with van der Waals surface area (Å²) in [5.74, 6) is -0.431. The molecule has 3 heterocycles. The molecule has 8 nitrogen and oxygen atoms in total. The van der Waals surface area contributed by atoms with Crippen LogP contribution in [0, 0.1) is 0 Å². The van der Waals surface area contributed by atoms with Gasteiger partial charge in [0.15, 0.2) is 0 Å². The van der Waals surface area contributed by atoms with Gasteiger partial charge in [-0.1, -0.05) is 24.3 Å². The first-order valence-corrected chi connectivity index (χ1v) is 14.1. The number of nitrogens with one attached hydrogen (secondary N) is 1. The molecule has 0 fully saturated rings. The highest BCUT2D eigenvalue weighted by atomic mass is 32.2. The number of hydrogen-bond donors (Lipinski definition) is 1. The van der Waals surface area contributed by atoms with Gasteiger partial charge in [-0.05, 0) is 67.5 Å². The van der Waals surface area contributed by atoms with Gasteiger partial charge >= 0.3 is 5.97 Å². The fraction of sp³-hybridized carbons (Fsp3) is 0.269. The van der Waals surface area contributed by atoms with Crippen LogP contribution in [-0.2, 0) is 40.6 Å². The van der Waals surface area contributed by atoms with Crippen LogP contribution in [0.25, 0.3) is 10.2 Å². The third kappa shape index (κ3) is 3.90. The van der Waals surface area contributed by atoms with E-state index in [1.165, 1.54) is 44.8 Å². The summed E-state index contributed by atoms with van der Waals surface area (Å²) in [5, 5.41) is 0.645. The summed E-state index contributed by atoms with van der Waals surface area (Å²) in [4.78, 5) is 34.6. The SMILES string of the molecule is O=C(OCc1nc2sc3c(c2c(=O)[nH]1)CCCC3)c1cccc(S(=O)(=O)N2CCc3ccccc32)c1. The molecular formula is C26H23N3O5S2. The van der Waals surface area contributed by atoms with E-state index >= 15 is 0 Å². The standard InChI is InChI=1S/C26H23N3O5S2/c30-24-23-19-9-2-4-11-21(19)35-25(23)28-22(27-24)15-34-26(31)17-7-5-8-18(14-17)36(32,33)29-13-12-16-6-1-3-10-20(16)29/h1,3,5-8,10,14H,2,4,9,11-13,15H2,(H,27,28,30). The molecular weight excluding hydrogens is 498 g/mol. The Bertz CT molecular complexity index is 1670. The molecule has 0 saturated heterocycles. The Morgan fingerprint density at radius 1 is 1.08 bits per heavy atom. The Hall–Kier alpha value is -3.50. The van der Waals surface area contributed by atoms with Gasteiger partial charge in [-0.25, -0.2) is 18.2 Å². The third-order valence-corrected chi connectivity index (χ3v) is 9.71. The van der Waals surface area contributed by atoms with Crippen molar-refractivity contribution in [2.24, 2.45) is 0 Å². The van der Waals surface area contributed by atoms with Gasteiger partial charge in [0, 0.05) is 11.4 Å². The molecule has 36 heavy (non-hydrogen) atoms. The number of sulfonamides is 1. The number of para-hydroxylation sites is 1. The number of anilines is 1. The Kier molecular flexibility index (Phi) is 5.65. The highest BCUT2D eigenvalue weighted by molar-refractivity contribution is 7.92. The number of carbonyl (C=O) groups excluding carboxylic acids is 1. The normalized spacial score (nSPS) is 15.1. The van der Waals surface area contributed by atoms with Crippen molar-refractivity contribution >= 4 is 43.2 Å². The van der Waals surface area contributed by atoms with Crippen molar-refractivity contribution in [1.29, 1.82) is 0 Å². The van der Waals surface area contributed by atoms with Crippen molar-refractivity contribution < 1.29 is 17.9 Å². The number of thiophene rings is 1. The van der Waals surface area contributed by atoms with E-state index in [0.717, 1.165) is 36.8 Å². The molecule has 0 bridgehead atoms. The number of fused-ring (bicyclic) bond motifs is 4. The number of nitrogens with zero attached hydrogens (tertiary/aromatic N) is 2. The first-order chi connectivity index (χ1) is 17.4. The Labute approximate surface area is 211 Å². The predicted octanol–water partition coefficient (Wildman–Crippen LogP) is 3.97. The lowest BCUT2D eigenvalue weighted by Gasteiger charge is -2.19. The number of carbonyl (C=O) groups is 1. The third-order valence-electron chi connectivity index (χ3n) is 6.72. The minimum Gasteiger partial charge on any atom is -0.454 e. The van der Waals surface area contributed by atoms with Crippen LogP contribution in [-0.4, -0.2) is 30.9 Å². The minimum absolute atomic E-state index is 0.0192. The second-order valence-corrected chi connectivity index (χ2v) is 11.9. The zero-order valence-corrected chi connectivity index (χ0v) is 21.0. The van der Waals surface area contributed by atoms with Crippen LogP contribution >= 0.6 is 11.3 Å². The van der Waals surface area contributed by atoms with Crippen LogP contribution < -0.4 is 9.86 Å². The number of aromatic nitrogens is 2. The zero-order chi connectivity index (χ0) is 24.9. The predicted molar refractivity (Wildman–Crippen MR) is 137 cm³/mol. The molecule has 184 valence electrons. The van der Waals surface area contributed by atoms with Gasteiger partial charge < -0.3 is 9.72 Å². The van der Waals surface area contributed by atoms with E-state index in [1.807, 2.05) is 18.2 Å². The van der Waals surface area contributed by atoms with Gasteiger partial charge in [-0.15, -0.1) is 11.3 Å². The Balaban J connectivity index is 1.21. The number of esters is 1. The molecule has 0 amide bonds. The summed E-state index contributed by atoms with van der Waals surface area (Å²) >= 11 is 1.53. The zero-order valence-electron chi connectivity index (χ0n) is 19.3. The van der Waals surface area contributed by atoms with E-state index in [9.17, 15) is 18.0 Å². The van der Waals surface area contributed by atoms with Crippen molar-refractivity contribution in [1.82, 2.24) is 9.97 Å². The average Bonchev–Trinajstić information content (AvgIpc) is 3.49. The number of benzene rings is 2. The largest absolute Gasteiger partial charge is 0.454 e. The van der Waals surface area contributed by atoms with E-state index < -0.39 is 16.0 Å². The second kappa shape index (κ2) is 8.86. The summed E-state index contributed by atoms with van der Waals surface area (Å²) < 4.78 is 33.4. The Morgan fingerprint density at radius 3 is 2.81 bits per heavy atom. The van der Waals surface area contributed by atoms with E-state index in [2.05, 4.69) is 9.97 Å². The molecule has 2 aliphatic rings. The van der Waals surface area contributed by atoms with Crippen molar-refractivity contribution in [3.8, 4) is 0 Å². The number of rotatable bonds is 5. The molecule has 1 aliphatic carbocycles. The Morgan fingerprint density at radius 2 is 1.92 bits per heavy atom. The average molecular weight is 522 g/mol. The topological polar surface area (TPSA) is 109 Å². The van der Waals surface area contributed by atoms with Crippen LogP contribution in [0.4, 0.5) is 5.69 Å². The summed E-state index contributed by atoms with van der Waals surface area (Å²) in [6.45, 7) is 0.132. The van der Waals surface area contributed by atoms with Gasteiger partial charge in [0.1, 0.15) is 17.3 Å². The van der Waals surface area contributed by atoms with E-state index in [-0.39, 0.29) is 28.4 Å². The number of aromatic amines is 1. The molecule has 6 rings (SSSR count). The fourth-order valence-corrected chi connectivity index (χ4v) is 7.79. The summed E-state index contributed by atoms with van der Waals surface area (Å²) in [5.41, 5.74) is 2.62. The molecule has 0 radical (unpaired) electrons. The first-order valence-electron chi connectivity index (χ1n) is 11.8. The van der Waals surface area contributed by atoms with Gasteiger partial charge in [-0.2, -0.15) is 0 Å². The van der Waals surface area contributed by atoms with Gasteiger partial charge in [0.25, 0.3) is 15.6 Å². The monoisotopic (exact) mass is 521 g/mol. The van der Waals surface area contributed by atoms with Crippen LogP contribution in [0.15, 0.2) is 58.2 Å². The molecule has 2 aromatic heterocycles. The smallest absolute Gasteiger partial charge is 0.338 e. The highest BCUT2D eigenvalue weighted by Crippen LogP contribution is 2.34. The lowest BCUT2D eigenvalue weighted by Crippen LogP contribution is -2.29. The maximum atomic E-state index is 13.3. The van der Waals surface area contributed by atoms with E-state index in [0.29, 0.717) is 28.9 Å². The molecule has 1 N–H and O–H groups in total. The fourth-order valence-electron chi connectivity index (χ4n) is 4.96. The van der Waals surface area contributed by atoms with Crippen molar-refractivity contribution in [2.75, 3.05) is 10.8 Å². The summed E-state index contributed by atoms with van der Waals surface area (Å²) in [7, 11) is -3.84. The van der Waals surface area contributed by atoms with Crippen LogP contribution in [0.1, 0.15) is 45.0 Å². The maximum Gasteiger partial charge on any atom is 0.338 e. The number of aryl methyl sites for hydroxylation is 2. The van der Waals surface area contributed by atoms with E-state index in [4.69, 9.17) is 4.74 Å². The molecule has 0 atom stereocenters. The molecule has 0 unspecified atom stereocenters. The molecule has 1 aliphatic heterocycles. The molecule has 0 saturated carbocycles. The van der Waals surface area contributed by atoms with Crippen LogP contribution in [0.5, 0.6) is 0 Å². The number of ether oxygens (including phenoxy) is 1. The van der Waals surface area contributed by atoms with Crippen molar-refractivity contribution in [3.05, 3.63) is 86.3 Å². The highest BCUT2D eigenvalue weighted by Gasteiger charge is 2.31. The van der Waals surface area contributed by atoms with Gasteiger partial charge in [0.05, 0.1) is 21.5 Å². The van der Waals surface area contributed by atoms with Gasteiger partial charge in [0.2, 0.25) is 0 Å². The number of H-pyrrole nitrogens is 1. The van der Waals surface area contributed by atoms with Crippen molar-refractivity contribution in [2.45, 2.75) is 43.6 Å². The minimum atomic E-state index is -3.84. The molecule has 2 aromatic carbocycles. The van der Waals surface area contributed by atoms with Crippen LogP contribution in [0.2, 0.25) is 0 Å². The van der Waals surface area contributed by atoms with Crippen LogP contribution in [0.3, 0.4) is 0 Å². The van der Waals surface area contributed by atoms with Gasteiger partial charge in [-0.3, -0.25) is 9.10 Å². The number of hydrogen-bond acceptors (Lipinski definition) is 7. The molecule has 0 spiro atoms. The first kappa shape index (κ1) is 22.9. The second-order valence-electron chi connectivity index (χ2n) is 8.96. The quantitative estimate of drug-likeness (QED) is 0.398. The van der Waals surface area contributed by atoms with E-state index in [1.54, 1.807) is 6.07 Å². The molecule has 10 heteroatoms. The lowest BCUT2D eigenvalue weighted by molar-refractivity contribution is 0.0462.